The second-order valence-electron chi connectivity index (χ2n) is 4.86. The molecule has 1 saturated heterocycles. The number of hydrogen-bond acceptors (Lipinski definition) is 2. The van der Waals surface area contributed by atoms with Gasteiger partial charge in [-0.15, -0.1) is 0 Å². The van der Waals surface area contributed by atoms with Crippen LogP contribution in [0.4, 0.5) is 18.9 Å². The number of halogens is 3. The van der Waals surface area contributed by atoms with Gasteiger partial charge in [-0.25, -0.2) is 0 Å². The maximum Gasteiger partial charge on any atom is 0.416 e. The molecule has 1 aliphatic rings. The summed E-state index contributed by atoms with van der Waals surface area (Å²) in [5, 5.41) is 3.28. The molecule has 0 spiro atoms. The zero-order valence-corrected chi connectivity index (χ0v) is 10.5. The Morgan fingerprint density at radius 3 is 2.61 bits per heavy atom. The molecule has 1 aromatic carbocycles. The second kappa shape index (κ2) is 4.80. The highest BCUT2D eigenvalue weighted by Gasteiger charge is 2.31. The number of benzene rings is 1. The Morgan fingerprint density at radius 1 is 1.28 bits per heavy atom. The molecule has 0 saturated carbocycles. The molecule has 0 radical (unpaired) electrons. The van der Waals surface area contributed by atoms with Crippen LogP contribution in [0.1, 0.15) is 18.1 Å². The highest BCUT2D eigenvalue weighted by atomic mass is 19.4. The van der Waals surface area contributed by atoms with Gasteiger partial charge in [0, 0.05) is 31.4 Å². The minimum absolute atomic E-state index is 0.300. The van der Waals surface area contributed by atoms with E-state index in [4.69, 9.17) is 0 Å². The second-order valence-corrected chi connectivity index (χ2v) is 4.86. The molecule has 2 rings (SSSR count). The number of piperazine rings is 1. The Hall–Kier alpha value is -1.23. The van der Waals surface area contributed by atoms with Crippen molar-refractivity contribution in [1.82, 2.24) is 5.32 Å². The van der Waals surface area contributed by atoms with Crippen LogP contribution in [-0.4, -0.2) is 25.7 Å². The van der Waals surface area contributed by atoms with Crippen LogP contribution in [0.3, 0.4) is 0 Å². The van der Waals surface area contributed by atoms with Crippen LogP contribution in [0.2, 0.25) is 0 Å². The van der Waals surface area contributed by atoms with Crippen molar-refractivity contribution in [2.75, 3.05) is 24.5 Å². The lowest BCUT2D eigenvalue weighted by molar-refractivity contribution is -0.137. The number of hydrogen-bond donors (Lipinski definition) is 1. The molecule has 1 aromatic rings. The summed E-state index contributed by atoms with van der Waals surface area (Å²) in [4.78, 5) is 2.00. The van der Waals surface area contributed by atoms with Crippen molar-refractivity contribution in [3.63, 3.8) is 0 Å². The Balaban J connectivity index is 2.30. The van der Waals surface area contributed by atoms with E-state index in [1.54, 1.807) is 6.92 Å². The van der Waals surface area contributed by atoms with Gasteiger partial charge in [0.15, 0.2) is 0 Å². The number of alkyl halides is 3. The molecule has 1 heterocycles. The van der Waals surface area contributed by atoms with E-state index in [0.29, 0.717) is 17.3 Å². The van der Waals surface area contributed by atoms with E-state index in [1.165, 1.54) is 12.1 Å². The Morgan fingerprint density at radius 2 is 2.00 bits per heavy atom. The van der Waals surface area contributed by atoms with Gasteiger partial charge in [0.05, 0.1) is 5.56 Å². The SMILES string of the molecule is Cc1cc(N2CCNC(C)C2)cc(C(F)(F)F)c1. The van der Waals surface area contributed by atoms with Gasteiger partial charge in [0.25, 0.3) is 0 Å². The lowest BCUT2D eigenvalue weighted by atomic mass is 10.1. The van der Waals surface area contributed by atoms with E-state index >= 15 is 0 Å². The van der Waals surface area contributed by atoms with Crippen LogP contribution in [-0.2, 0) is 6.18 Å². The molecular weight excluding hydrogens is 241 g/mol. The summed E-state index contributed by atoms with van der Waals surface area (Å²) in [6, 6.07) is 4.54. The average molecular weight is 258 g/mol. The van der Waals surface area contributed by atoms with E-state index in [0.717, 1.165) is 19.6 Å². The molecular formula is C13H17F3N2. The van der Waals surface area contributed by atoms with Gasteiger partial charge in [-0.3, -0.25) is 0 Å². The molecule has 2 nitrogen and oxygen atoms in total. The fraction of sp³-hybridized carbons (Fsp3) is 0.538. The van der Waals surface area contributed by atoms with E-state index in [9.17, 15) is 13.2 Å². The van der Waals surface area contributed by atoms with E-state index in [1.807, 2.05) is 17.9 Å². The first-order valence-corrected chi connectivity index (χ1v) is 6.03. The maximum absolute atomic E-state index is 12.8. The monoisotopic (exact) mass is 258 g/mol. The van der Waals surface area contributed by atoms with Crippen LogP contribution in [0.5, 0.6) is 0 Å². The minimum atomic E-state index is -4.28. The van der Waals surface area contributed by atoms with Crippen molar-refractivity contribution in [2.24, 2.45) is 0 Å². The summed E-state index contributed by atoms with van der Waals surface area (Å²) in [7, 11) is 0. The third-order valence-electron chi connectivity index (χ3n) is 3.12. The molecule has 1 aliphatic heterocycles. The molecule has 1 fully saturated rings. The molecule has 0 amide bonds. The van der Waals surface area contributed by atoms with Crippen molar-refractivity contribution in [3.05, 3.63) is 29.3 Å². The predicted molar refractivity (Wildman–Crippen MR) is 65.9 cm³/mol. The van der Waals surface area contributed by atoms with Crippen LogP contribution in [0.15, 0.2) is 18.2 Å². The molecule has 0 bridgehead atoms. The normalized spacial score (nSPS) is 21.2. The minimum Gasteiger partial charge on any atom is -0.369 e. The topological polar surface area (TPSA) is 15.3 Å². The van der Waals surface area contributed by atoms with Gasteiger partial charge < -0.3 is 10.2 Å². The van der Waals surface area contributed by atoms with Crippen LogP contribution >= 0.6 is 0 Å². The summed E-state index contributed by atoms with van der Waals surface area (Å²) in [5.41, 5.74) is 0.741. The standard InChI is InChI=1S/C13H17F3N2/c1-9-5-11(13(14,15)16)7-12(6-9)18-4-3-17-10(2)8-18/h5-7,10,17H,3-4,8H2,1-2H3. The Kier molecular flexibility index (Phi) is 3.52. The van der Waals surface area contributed by atoms with Gasteiger partial charge in [0.2, 0.25) is 0 Å². The zero-order chi connectivity index (χ0) is 13.3. The highest BCUT2D eigenvalue weighted by molar-refractivity contribution is 5.52. The van der Waals surface area contributed by atoms with Gasteiger partial charge >= 0.3 is 6.18 Å². The van der Waals surface area contributed by atoms with Gasteiger partial charge in [-0.1, -0.05) is 0 Å². The first kappa shape index (κ1) is 13.2. The molecule has 0 aromatic heterocycles. The van der Waals surface area contributed by atoms with Gasteiger partial charge in [-0.05, 0) is 37.6 Å². The highest BCUT2D eigenvalue weighted by Crippen LogP contribution is 2.33. The van der Waals surface area contributed by atoms with Crippen LogP contribution < -0.4 is 10.2 Å². The molecule has 18 heavy (non-hydrogen) atoms. The summed E-state index contributed by atoms with van der Waals surface area (Å²) in [6.07, 6.45) is -4.28. The lowest BCUT2D eigenvalue weighted by Gasteiger charge is -2.34. The van der Waals surface area contributed by atoms with Crippen molar-refractivity contribution >= 4 is 5.69 Å². The van der Waals surface area contributed by atoms with E-state index in [2.05, 4.69) is 5.32 Å². The number of rotatable bonds is 1. The fourth-order valence-corrected chi connectivity index (χ4v) is 2.28. The molecule has 1 atom stereocenters. The summed E-state index contributed by atoms with van der Waals surface area (Å²) in [6.45, 7) is 6.01. The lowest BCUT2D eigenvalue weighted by Crippen LogP contribution is -2.49. The zero-order valence-electron chi connectivity index (χ0n) is 10.5. The number of nitrogens with zero attached hydrogens (tertiary/aromatic N) is 1. The number of anilines is 1. The maximum atomic E-state index is 12.8. The summed E-state index contributed by atoms with van der Waals surface area (Å²) >= 11 is 0. The smallest absolute Gasteiger partial charge is 0.369 e. The van der Waals surface area contributed by atoms with E-state index in [-0.39, 0.29) is 0 Å². The summed E-state index contributed by atoms with van der Waals surface area (Å²) in [5.74, 6) is 0. The molecule has 0 aliphatic carbocycles. The predicted octanol–water partition coefficient (Wildman–Crippen LogP) is 2.81. The van der Waals surface area contributed by atoms with Crippen molar-refractivity contribution in [1.29, 1.82) is 0 Å². The van der Waals surface area contributed by atoms with E-state index < -0.39 is 11.7 Å². The Labute approximate surface area is 105 Å². The Bertz CT molecular complexity index is 429. The average Bonchev–Trinajstić information content (AvgIpc) is 2.27. The molecule has 100 valence electrons. The van der Waals surface area contributed by atoms with Crippen LogP contribution in [0.25, 0.3) is 0 Å². The van der Waals surface area contributed by atoms with Crippen molar-refractivity contribution in [3.8, 4) is 0 Å². The summed E-state index contributed by atoms with van der Waals surface area (Å²) < 4.78 is 38.3. The number of nitrogens with one attached hydrogen (secondary N) is 1. The molecule has 1 N–H and O–H groups in total. The van der Waals surface area contributed by atoms with Crippen LogP contribution in [0, 0.1) is 6.92 Å². The third-order valence-corrected chi connectivity index (χ3v) is 3.12. The third kappa shape index (κ3) is 2.96. The quantitative estimate of drug-likeness (QED) is 0.833. The molecule has 5 heteroatoms. The molecule has 1 unspecified atom stereocenters. The first-order chi connectivity index (χ1) is 8.36. The largest absolute Gasteiger partial charge is 0.416 e. The fourth-order valence-electron chi connectivity index (χ4n) is 2.28. The van der Waals surface area contributed by atoms with Gasteiger partial charge in [-0.2, -0.15) is 13.2 Å². The number of aryl methyl sites for hydroxylation is 1. The first-order valence-electron chi connectivity index (χ1n) is 6.03. The van der Waals surface area contributed by atoms with Crippen molar-refractivity contribution in [2.45, 2.75) is 26.1 Å². The van der Waals surface area contributed by atoms with Gasteiger partial charge in [0.1, 0.15) is 0 Å². The van der Waals surface area contributed by atoms with Crippen molar-refractivity contribution < 1.29 is 13.2 Å².